The maximum atomic E-state index is 13.2. The van der Waals surface area contributed by atoms with Crippen LogP contribution in [0.4, 0.5) is 4.79 Å². The topological polar surface area (TPSA) is 147 Å². The van der Waals surface area contributed by atoms with E-state index in [2.05, 4.69) is 15.4 Å². The van der Waals surface area contributed by atoms with Gasteiger partial charge in [0.05, 0.1) is 6.10 Å². The molecule has 0 heterocycles. The molecule has 0 unspecified atom stereocenters. The molecule has 0 aliphatic heterocycles. The van der Waals surface area contributed by atoms with Crippen LogP contribution in [0.2, 0.25) is 0 Å². The molecule has 0 fully saturated rings. The summed E-state index contributed by atoms with van der Waals surface area (Å²) in [6, 6.07) is 13.8. The zero-order valence-corrected chi connectivity index (χ0v) is 23.3. The van der Waals surface area contributed by atoms with E-state index in [1.54, 1.807) is 13.8 Å². The number of ether oxygens (including phenoxy) is 2. The van der Waals surface area contributed by atoms with Crippen LogP contribution in [0.15, 0.2) is 48.5 Å². The normalized spacial score (nSPS) is 13.4. The molecule has 2 aromatic rings. The van der Waals surface area contributed by atoms with Crippen molar-refractivity contribution < 1.29 is 33.4 Å². The number of Topliss-reactive ketones (excluding diaryl/α,β-unsaturated/α-hetero) is 1. The smallest absolute Gasteiger partial charge is 0.407 e. The summed E-state index contributed by atoms with van der Waals surface area (Å²) < 4.78 is 10.8. The predicted octanol–water partition coefficient (Wildman–Crippen LogP) is 4.03. The first-order valence-electron chi connectivity index (χ1n) is 13.4. The molecule has 40 heavy (non-hydrogen) atoms. The zero-order chi connectivity index (χ0) is 29.2. The number of carbonyl (C=O) groups is 4. The van der Waals surface area contributed by atoms with Gasteiger partial charge in [-0.3, -0.25) is 9.59 Å². The van der Waals surface area contributed by atoms with E-state index in [0.29, 0.717) is 0 Å². The molecular formula is C30H36N4O6. The summed E-state index contributed by atoms with van der Waals surface area (Å²) in [5, 5.41) is 5.25. The van der Waals surface area contributed by atoms with Gasteiger partial charge < -0.3 is 25.6 Å². The number of benzene rings is 2. The van der Waals surface area contributed by atoms with Gasteiger partial charge in [-0.2, -0.15) is 4.79 Å². The second-order valence-electron chi connectivity index (χ2n) is 10.4. The van der Waals surface area contributed by atoms with E-state index in [4.69, 9.17) is 15.0 Å². The minimum atomic E-state index is -1.13. The number of ketones is 1. The Morgan fingerprint density at radius 2 is 1.52 bits per heavy atom. The third-order valence-corrected chi connectivity index (χ3v) is 6.49. The maximum absolute atomic E-state index is 13.2. The number of alkyl carbamates (subject to hydrolysis) is 1. The van der Waals surface area contributed by atoms with E-state index in [1.165, 1.54) is 0 Å². The van der Waals surface area contributed by atoms with Gasteiger partial charge >= 0.3 is 18.3 Å². The molecule has 2 N–H and O–H groups in total. The largest absolute Gasteiger partial charge is 0.461 e. The number of carbonyl (C=O) groups excluding carboxylic acids is 4. The maximum Gasteiger partial charge on any atom is 0.407 e. The Morgan fingerprint density at radius 3 is 2.08 bits per heavy atom. The Kier molecular flexibility index (Phi) is 10.7. The fourth-order valence-electron chi connectivity index (χ4n) is 4.74. The van der Waals surface area contributed by atoms with Crippen LogP contribution in [0.25, 0.3) is 16.7 Å². The first kappa shape index (κ1) is 30.2. The second kappa shape index (κ2) is 14.2. The Bertz CT molecular complexity index is 1240. The Labute approximate surface area is 234 Å². The van der Waals surface area contributed by atoms with E-state index < -0.39 is 41.9 Å². The average molecular weight is 549 g/mol. The standard InChI is InChI=1S/C30H36N4O6/c1-18(2)15-27(28(36)33-26(29(37)40-19(3)4)14-13-20(35)16-32-31)34-30(38)39-17-25-23-11-7-5-9-21(23)22-10-6-8-12-24(22)25/h5-12,16,18-19,25-27H,13-15,17H2,1-4H3,(H,33,36)(H,34,38)/t26-,27-/m0/s1. The van der Waals surface area contributed by atoms with E-state index in [-0.39, 0.29) is 37.7 Å². The molecule has 1 aliphatic rings. The predicted molar refractivity (Wildman–Crippen MR) is 149 cm³/mol. The van der Waals surface area contributed by atoms with Crippen molar-refractivity contribution in [1.29, 1.82) is 0 Å². The molecule has 212 valence electrons. The molecule has 1 aliphatic carbocycles. The quantitative estimate of drug-likeness (QED) is 0.167. The van der Waals surface area contributed by atoms with Crippen molar-refractivity contribution >= 4 is 30.0 Å². The number of amides is 2. The molecule has 2 aromatic carbocycles. The minimum absolute atomic E-state index is 0.0352. The lowest BCUT2D eigenvalue weighted by molar-refractivity contribution is -0.152. The summed E-state index contributed by atoms with van der Waals surface area (Å²) in [6.07, 6.45) is -0.395. The number of hydrogen-bond acceptors (Lipinski definition) is 6. The highest BCUT2D eigenvalue weighted by atomic mass is 16.6. The molecule has 0 aromatic heterocycles. The van der Waals surface area contributed by atoms with Crippen molar-refractivity contribution in [3.8, 4) is 11.1 Å². The fourth-order valence-corrected chi connectivity index (χ4v) is 4.74. The number of hydrogen-bond donors (Lipinski definition) is 2. The lowest BCUT2D eigenvalue weighted by Crippen LogP contribution is -2.52. The first-order chi connectivity index (χ1) is 19.1. The first-order valence-corrected chi connectivity index (χ1v) is 13.4. The number of esters is 1. The lowest BCUT2D eigenvalue weighted by Gasteiger charge is -2.24. The number of nitrogens with zero attached hydrogens (tertiary/aromatic N) is 2. The number of fused-ring (bicyclic) bond motifs is 3. The second-order valence-corrected chi connectivity index (χ2v) is 10.4. The summed E-state index contributed by atoms with van der Waals surface area (Å²) in [5.41, 5.74) is 12.9. The number of nitrogens with one attached hydrogen (secondary N) is 2. The molecule has 0 spiro atoms. The van der Waals surface area contributed by atoms with Crippen molar-refractivity contribution in [2.45, 2.75) is 71.1 Å². The van der Waals surface area contributed by atoms with Gasteiger partial charge in [-0.1, -0.05) is 62.4 Å². The van der Waals surface area contributed by atoms with Gasteiger partial charge in [0.1, 0.15) is 18.7 Å². The van der Waals surface area contributed by atoms with Gasteiger partial charge in [0, 0.05) is 12.3 Å². The van der Waals surface area contributed by atoms with Gasteiger partial charge in [-0.25, -0.2) is 9.59 Å². The molecule has 0 saturated heterocycles. The highest BCUT2D eigenvalue weighted by Gasteiger charge is 2.32. The van der Waals surface area contributed by atoms with Crippen LogP contribution in [0.3, 0.4) is 0 Å². The molecule has 2 atom stereocenters. The average Bonchev–Trinajstić information content (AvgIpc) is 3.22. The molecule has 10 nitrogen and oxygen atoms in total. The molecule has 3 rings (SSSR count). The molecular weight excluding hydrogens is 512 g/mol. The van der Waals surface area contributed by atoms with Crippen LogP contribution < -0.4 is 10.6 Å². The highest BCUT2D eigenvalue weighted by Crippen LogP contribution is 2.44. The van der Waals surface area contributed by atoms with Crippen molar-refractivity contribution in [1.82, 2.24) is 10.6 Å². The van der Waals surface area contributed by atoms with Crippen molar-refractivity contribution in [2.24, 2.45) is 5.92 Å². The Hall–Kier alpha value is -4.30. The van der Waals surface area contributed by atoms with Gasteiger partial charge in [-0.05, 0) is 54.9 Å². The Balaban J connectivity index is 1.68. The number of rotatable bonds is 13. The van der Waals surface area contributed by atoms with Gasteiger partial charge in [-0.15, -0.1) is 0 Å². The van der Waals surface area contributed by atoms with Crippen molar-refractivity contribution in [3.63, 3.8) is 0 Å². The van der Waals surface area contributed by atoms with Crippen LogP contribution in [-0.4, -0.2) is 59.6 Å². The summed E-state index contributed by atoms with van der Waals surface area (Å²) in [4.78, 5) is 53.2. The van der Waals surface area contributed by atoms with E-state index in [1.807, 2.05) is 62.4 Å². The Morgan fingerprint density at radius 1 is 0.925 bits per heavy atom. The van der Waals surface area contributed by atoms with Crippen LogP contribution in [0, 0.1) is 5.92 Å². The van der Waals surface area contributed by atoms with E-state index >= 15 is 0 Å². The molecule has 2 amide bonds. The van der Waals surface area contributed by atoms with Crippen molar-refractivity contribution in [2.75, 3.05) is 6.61 Å². The minimum Gasteiger partial charge on any atom is -0.461 e. The summed E-state index contributed by atoms with van der Waals surface area (Å²) >= 11 is 0. The lowest BCUT2D eigenvalue weighted by atomic mass is 9.98. The fraction of sp³-hybridized carbons (Fsp3) is 0.433. The SMILES string of the molecule is CC(C)C[C@H](NC(=O)OCC1c2ccccc2-c2ccccc21)C(=O)N[C@@H](CCC(=O)C=[N+]=[N-])C(=O)OC(C)C. The van der Waals surface area contributed by atoms with Gasteiger partial charge in [0.25, 0.3) is 0 Å². The zero-order valence-electron chi connectivity index (χ0n) is 23.3. The summed E-state index contributed by atoms with van der Waals surface area (Å²) in [7, 11) is 0. The summed E-state index contributed by atoms with van der Waals surface area (Å²) in [6.45, 7) is 7.23. The summed E-state index contributed by atoms with van der Waals surface area (Å²) in [5.74, 6) is -1.92. The van der Waals surface area contributed by atoms with Crippen molar-refractivity contribution in [3.05, 3.63) is 65.2 Å². The van der Waals surface area contributed by atoms with Crippen LogP contribution >= 0.6 is 0 Å². The van der Waals surface area contributed by atoms with E-state index in [9.17, 15) is 19.2 Å². The van der Waals surface area contributed by atoms with Crippen LogP contribution in [0.1, 0.15) is 64.0 Å². The van der Waals surface area contributed by atoms with Gasteiger partial charge in [0.15, 0.2) is 0 Å². The third-order valence-electron chi connectivity index (χ3n) is 6.49. The molecule has 10 heteroatoms. The molecule has 0 saturated carbocycles. The van der Waals surface area contributed by atoms with E-state index in [0.717, 1.165) is 28.5 Å². The third kappa shape index (κ3) is 8.10. The highest BCUT2D eigenvalue weighted by molar-refractivity contribution is 6.25. The van der Waals surface area contributed by atoms with Gasteiger partial charge in [0.2, 0.25) is 11.7 Å². The van der Waals surface area contributed by atoms with Crippen LogP contribution in [-0.2, 0) is 23.9 Å². The van der Waals surface area contributed by atoms with Crippen LogP contribution in [0.5, 0.6) is 0 Å². The molecule has 0 bridgehead atoms. The monoisotopic (exact) mass is 548 g/mol. The molecule has 0 radical (unpaired) electrons.